The van der Waals surface area contributed by atoms with Crippen molar-refractivity contribution in [1.82, 2.24) is 0 Å². The second-order valence-corrected chi connectivity index (χ2v) is 3.48. The van der Waals surface area contributed by atoms with Crippen molar-refractivity contribution in [3.63, 3.8) is 0 Å². The Labute approximate surface area is 77.5 Å². The van der Waals surface area contributed by atoms with E-state index in [0.717, 1.165) is 28.0 Å². The van der Waals surface area contributed by atoms with E-state index in [4.69, 9.17) is 4.74 Å². The van der Waals surface area contributed by atoms with Gasteiger partial charge in [0.05, 0.1) is 7.11 Å². The predicted molar refractivity (Wildman–Crippen MR) is 50.5 cm³/mol. The van der Waals surface area contributed by atoms with Gasteiger partial charge in [-0.25, -0.2) is 0 Å². The molecule has 1 aromatic carbocycles. The number of hydrogen-bond acceptors (Lipinski definition) is 2. The molecule has 0 aliphatic heterocycles. The molecule has 0 atom stereocenters. The van der Waals surface area contributed by atoms with Crippen LogP contribution in [0, 0.1) is 13.8 Å². The van der Waals surface area contributed by atoms with Crippen LogP contribution in [0.15, 0.2) is 6.07 Å². The Morgan fingerprint density at radius 2 is 2.08 bits per heavy atom. The first-order valence-electron chi connectivity index (χ1n) is 4.35. The fraction of sp³-hybridized carbons (Fsp3) is 0.364. The Kier molecular flexibility index (Phi) is 1.65. The highest BCUT2D eigenvalue weighted by Gasteiger charge is 2.27. The van der Waals surface area contributed by atoms with Crippen LogP contribution in [0.3, 0.4) is 0 Å². The fourth-order valence-corrected chi connectivity index (χ4v) is 1.94. The van der Waals surface area contributed by atoms with Gasteiger partial charge in [0.1, 0.15) is 5.75 Å². The molecule has 68 valence electrons. The number of Topliss-reactive ketones (excluding diaryl/α,β-unsaturated/α-hetero) is 1. The monoisotopic (exact) mass is 176 g/mol. The fourth-order valence-electron chi connectivity index (χ4n) is 1.94. The molecule has 1 aromatic rings. The summed E-state index contributed by atoms with van der Waals surface area (Å²) >= 11 is 0. The third kappa shape index (κ3) is 0.981. The van der Waals surface area contributed by atoms with Gasteiger partial charge in [-0.05, 0) is 36.6 Å². The molecule has 0 spiro atoms. The van der Waals surface area contributed by atoms with Gasteiger partial charge in [0.2, 0.25) is 0 Å². The van der Waals surface area contributed by atoms with Crippen molar-refractivity contribution in [2.24, 2.45) is 0 Å². The molecule has 0 heterocycles. The molecule has 0 radical (unpaired) electrons. The van der Waals surface area contributed by atoms with Gasteiger partial charge in [0, 0.05) is 12.0 Å². The van der Waals surface area contributed by atoms with Crippen LogP contribution in [0.2, 0.25) is 0 Å². The first kappa shape index (κ1) is 8.30. The van der Waals surface area contributed by atoms with E-state index < -0.39 is 0 Å². The Balaban J connectivity index is 2.66. The third-order valence-electron chi connectivity index (χ3n) is 2.68. The number of benzene rings is 1. The molecule has 0 amide bonds. The maximum absolute atomic E-state index is 11.2. The molecule has 0 unspecified atom stereocenters. The van der Waals surface area contributed by atoms with Crippen LogP contribution in [0.5, 0.6) is 5.75 Å². The van der Waals surface area contributed by atoms with Crippen molar-refractivity contribution in [1.29, 1.82) is 0 Å². The average molecular weight is 176 g/mol. The van der Waals surface area contributed by atoms with E-state index in [0.29, 0.717) is 6.42 Å². The standard InChI is InChI=1S/C11H12O2/c1-6-4-9-8(5-10(9)12)7(2)11(6)13-3/h4H,5H2,1-3H3. The highest BCUT2D eigenvalue weighted by molar-refractivity contribution is 6.07. The van der Waals surface area contributed by atoms with Gasteiger partial charge in [-0.1, -0.05) is 0 Å². The molecule has 0 saturated heterocycles. The van der Waals surface area contributed by atoms with E-state index >= 15 is 0 Å². The van der Waals surface area contributed by atoms with Crippen LogP contribution >= 0.6 is 0 Å². The predicted octanol–water partition coefficient (Wildman–Crippen LogP) is 2.05. The Morgan fingerprint density at radius 1 is 1.38 bits per heavy atom. The van der Waals surface area contributed by atoms with Crippen LogP contribution < -0.4 is 4.74 Å². The van der Waals surface area contributed by atoms with Gasteiger partial charge in [-0.2, -0.15) is 0 Å². The molecule has 0 aromatic heterocycles. The van der Waals surface area contributed by atoms with Crippen molar-refractivity contribution in [2.75, 3.05) is 7.11 Å². The van der Waals surface area contributed by atoms with Gasteiger partial charge < -0.3 is 4.74 Å². The topological polar surface area (TPSA) is 26.3 Å². The Bertz CT molecular complexity index is 392. The first-order chi connectivity index (χ1) is 6.15. The maximum atomic E-state index is 11.2. The quantitative estimate of drug-likeness (QED) is 0.654. The molecule has 2 nitrogen and oxygen atoms in total. The van der Waals surface area contributed by atoms with E-state index in [9.17, 15) is 4.79 Å². The third-order valence-corrected chi connectivity index (χ3v) is 2.68. The zero-order chi connectivity index (χ0) is 9.59. The zero-order valence-electron chi connectivity index (χ0n) is 8.10. The summed E-state index contributed by atoms with van der Waals surface area (Å²) in [5, 5.41) is 0. The van der Waals surface area contributed by atoms with Crippen LogP contribution in [-0.2, 0) is 6.42 Å². The minimum atomic E-state index is 0.254. The summed E-state index contributed by atoms with van der Waals surface area (Å²) in [5.74, 6) is 1.18. The Hall–Kier alpha value is -1.31. The van der Waals surface area contributed by atoms with E-state index in [1.165, 1.54) is 0 Å². The molecule has 0 saturated carbocycles. The van der Waals surface area contributed by atoms with Gasteiger partial charge in [0.15, 0.2) is 5.78 Å². The number of ether oxygens (including phenoxy) is 1. The molecule has 2 heteroatoms. The van der Waals surface area contributed by atoms with Gasteiger partial charge >= 0.3 is 0 Å². The van der Waals surface area contributed by atoms with Crippen LogP contribution in [-0.4, -0.2) is 12.9 Å². The van der Waals surface area contributed by atoms with E-state index in [1.54, 1.807) is 7.11 Å². The SMILES string of the molecule is COc1c(C)cc2c(c1C)CC2=O. The molecule has 2 rings (SSSR count). The molecule has 0 N–H and O–H groups in total. The summed E-state index contributed by atoms with van der Waals surface area (Å²) < 4.78 is 5.27. The second-order valence-electron chi connectivity index (χ2n) is 3.48. The van der Waals surface area contributed by atoms with Gasteiger partial charge in [-0.15, -0.1) is 0 Å². The number of hydrogen-bond donors (Lipinski definition) is 0. The molecule has 1 aliphatic carbocycles. The summed E-state index contributed by atoms with van der Waals surface area (Å²) in [6, 6.07) is 1.92. The van der Waals surface area contributed by atoms with Crippen LogP contribution in [0.25, 0.3) is 0 Å². The lowest BCUT2D eigenvalue weighted by Crippen LogP contribution is -2.21. The molecule has 13 heavy (non-hydrogen) atoms. The first-order valence-corrected chi connectivity index (χ1v) is 4.35. The number of rotatable bonds is 1. The number of ketones is 1. The van der Waals surface area contributed by atoms with Crippen molar-refractivity contribution >= 4 is 5.78 Å². The number of carbonyl (C=O) groups is 1. The molecular formula is C11H12O2. The number of fused-ring (bicyclic) bond motifs is 1. The van der Waals surface area contributed by atoms with Crippen molar-refractivity contribution in [2.45, 2.75) is 20.3 Å². The minimum absolute atomic E-state index is 0.254. The lowest BCUT2D eigenvalue weighted by Gasteiger charge is -2.23. The van der Waals surface area contributed by atoms with Gasteiger partial charge in [-0.3, -0.25) is 4.79 Å². The van der Waals surface area contributed by atoms with E-state index in [-0.39, 0.29) is 5.78 Å². The summed E-state index contributed by atoms with van der Waals surface area (Å²) in [5.41, 5.74) is 4.21. The molecule has 0 fully saturated rings. The van der Waals surface area contributed by atoms with Crippen molar-refractivity contribution in [3.8, 4) is 5.75 Å². The van der Waals surface area contributed by atoms with Crippen LogP contribution in [0.1, 0.15) is 27.0 Å². The Morgan fingerprint density at radius 3 is 2.62 bits per heavy atom. The van der Waals surface area contributed by atoms with Crippen molar-refractivity contribution in [3.05, 3.63) is 28.3 Å². The highest BCUT2D eigenvalue weighted by Crippen LogP contribution is 2.34. The lowest BCUT2D eigenvalue weighted by atomic mass is 9.82. The smallest absolute Gasteiger partial charge is 0.167 e. The van der Waals surface area contributed by atoms with Gasteiger partial charge in [0.25, 0.3) is 0 Å². The van der Waals surface area contributed by atoms with E-state index in [1.807, 2.05) is 19.9 Å². The summed E-state index contributed by atoms with van der Waals surface area (Å²) in [4.78, 5) is 11.2. The van der Waals surface area contributed by atoms with Crippen molar-refractivity contribution < 1.29 is 9.53 Å². The number of carbonyl (C=O) groups excluding carboxylic acids is 1. The lowest BCUT2D eigenvalue weighted by molar-refractivity contribution is 0.0967. The highest BCUT2D eigenvalue weighted by atomic mass is 16.5. The minimum Gasteiger partial charge on any atom is -0.496 e. The molecule has 1 aliphatic rings. The number of aryl methyl sites for hydroxylation is 1. The zero-order valence-corrected chi connectivity index (χ0v) is 8.10. The second kappa shape index (κ2) is 2.59. The normalized spacial score (nSPS) is 13.6. The largest absolute Gasteiger partial charge is 0.496 e. The summed E-state index contributed by atoms with van der Waals surface area (Å²) in [6.45, 7) is 3.98. The maximum Gasteiger partial charge on any atom is 0.167 e. The van der Waals surface area contributed by atoms with E-state index in [2.05, 4.69) is 0 Å². The average Bonchev–Trinajstić information content (AvgIpc) is 2.09. The molecule has 0 bridgehead atoms. The summed E-state index contributed by atoms with van der Waals surface area (Å²) in [6.07, 6.45) is 0.581. The molecular weight excluding hydrogens is 164 g/mol. The summed E-state index contributed by atoms with van der Waals surface area (Å²) in [7, 11) is 1.67. The van der Waals surface area contributed by atoms with Crippen LogP contribution in [0.4, 0.5) is 0 Å². The number of methoxy groups -OCH3 is 1.